The number of methoxy groups -OCH3 is 1. The van der Waals surface area contributed by atoms with E-state index in [1.165, 1.54) is 30.6 Å². The molecule has 0 saturated carbocycles. The van der Waals surface area contributed by atoms with Crippen molar-refractivity contribution in [2.45, 2.75) is 12.8 Å². The maximum absolute atomic E-state index is 13.7. The SMILES string of the molecule is COc1ccccc1Oc1cc(F)ccc1CC(=O)Cc1nccs1. The molecule has 0 atom stereocenters. The molecule has 0 bridgehead atoms. The molecule has 0 unspecified atom stereocenters. The molecule has 2 aromatic carbocycles. The number of halogens is 1. The summed E-state index contributed by atoms with van der Waals surface area (Å²) in [7, 11) is 1.53. The van der Waals surface area contributed by atoms with E-state index in [1.807, 2.05) is 11.4 Å². The van der Waals surface area contributed by atoms with Gasteiger partial charge in [-0.2, -0.15) is 0 Å². The Morgan fingerprint density at radius 1 is 1.12 bits per heavy atom. The Morgan fingerprint density at radius 2 is 1.92 bits per heavy atom. The van der Waals surface area contributed by atoms with Crippen LogP contribution in [0.4, 0.5) is 4.39 Å². The van der Waals surface area contributed by atoms with Crippen LogP contribution in [0.3, 0.4) is 0 Å². The number of rotatable bonds is 7. The molecule has 3 aromatic rings. The van der Waals surface area contributed by atoms with Gasteiger partial charge in [0, 0.05) is 29.6 Å². The minimum Gasteiger partial charge on any atom is -0.493 e. The summed E-state index contributed by atoms with van der Waals surface area (Å²) in [5.41, 5.74) is 0.619. The molecule has 1 aromatic heterocycles. The van der Waals surface area contributed by atoms with Gasteiger partial charge in [-0.15, -0.1) is 11.3 Å². The lowest BCUT2D eigenvalue weighted by Crippen LogP contribution is -2.07. The third-order valence-electron chi connectivity index (χ3n) is 3.54. The van der Waals surface area contributed by atoms with Gasteiger partial charge in [0.2, 0.25) is 0 Å². The van der Waals surface area contributed by atoms with Crippen LogP contribution in [0.15, 0.2) is 54.0 Å². The van der Waals surface area contributed by atoms with Crippen molar-refractivity contribution in [3.63, 3.8) is 0 Å². The average molecular weight is 357 g/mol. The van der Waals surface area contributed by atoms with Crippen LogP contribution in [0.1, 0.15) is 10.6 Å². The summed E-state index contributed by atoms with van der Waals surface area (Å²) < 4.78 is 24.7. The molecule has 0 amide bonds. The molecular formula is C19H16FNO3S. The van der Waals surface area contributed by atoms with Gasteiger partial charge in [0.1, 0.15) is 17.3 Å². The molecule has 0 N–H and O–H groups in total. The van der Waals surface area contributed by atoms with Crippen LogP contribution in [0.5, 0.6) is 17.2 Å². The average Bonchev–Trinajstić information content (AvgIpc) is 3.10. The number of benzene rings is 2. The lowest BCUT2D eigenvalue weighted by molar-refractivity contribution is -0.117. The van der Waals surface area contributed by atoms with E-state index in [0.717, 1.165) is 5.01 Å². The van der Waals surface area contributed by atoms with Gasteiger partial charge in [0.05, 0.1) is 18.5 Å². The predicted molar refractivity (Wildman–Crippen MR) is 94.0 cm³/mol. The van der Waals surface area contributed by atoms with E-state index < -0.39 is 5.82 Å². The quantitative estimate of drug-likeness (QED) is 0.627. The number of para-hydroxylation sites is 2. The Morgan fingerprint density at radius 3 is 2.64 bits per heavy atom. The third kappa shape index (κ3) is 4.42. The fourth-order valence-corrected chi connectivity index (χ4v) is 3.02. The second-order valence-electron chi connectivity index (χ2n) is 5.32. The maximum atomic E-state index is 13.7. The molecule has 0 saturated heterocycles. The van der Waals surface area contributed by atoms with Crippen LogP contribution in [-0.4, -0.2) is 17.9 Å². The standard InChI is InChI=1S/C19H16FNO3S/c1-23-16-4-2-3-5-17(16)24-18-11-14(20)7-6-13(18)10-15(22)12-19-21-8-9-25-19/h2-9,11H,10,12H2,1H3. The van der Waals surface area contributed by atoms with Crippen LogP contribution in [-0.2, 0) is 17.6 Å². The number of thiazole rings is 1. The van der Waals surface area contributed by atoms with Gasteiger partial charge in [-0.05, 0) is 18.2 Å². The zero-order valence-corrected chi connectivity index (χ0v) is 14.4. The van der Waals surface area contributed by atoms with Crippen LogP contribution in [0.25, 0.3) is 0 Å². The smallest absolute Gasteiger partial charge is 0.169 e. The second-order valence-corrected chi connectivity index (χ2v) is 6.30. The highest BCUT2D eigenvalue weighted by atomic mass is 32.1. The first-order valence-electron chi connectivity index (χ1n) is 7.65. The molecule has 0 radical (unpaired) electrons. The number of ether oxygens (including phenoxy) is 2. The highest BCUT2D eigenvalue weighted by Gasteiger charge is 2.14. The summed E-state index contributed by atoms with van der Waals surface area (Å²) in [6.07, 6.45) is 2.06. The summed E-state index contributed by atoms with van der Waals surface area (Å²) in [4.78, 5) is 16.4. The molecule has 1 heterocycles. The highest BCUT2D eigenvalue weighted by Crippen LogP contribution is 2.33. The number of carbonyl (C=O) groups is 1. The molecule has 128 valence electrons. The van der Waals surface area contributed by atoms with E-state index >= 15 is 0 Å². The fourth-order valence-electron chi connectivity index (χ4n) is 2.37. The normalized spacial score (nSPS) is 10.5. The van der Waals surface area contributed by atoms with Gasteiger partial charge in [-0.1, -0.05) is 18.2 Å². The molecule has 4 nitrogen and oxygen atoms in total. The van der Waals surface area contributed by atoms with E-state index in [0.29, 0.717) is 22.8 Å². The van der Waals surface area contributed by atoms with Crippen molar-refractivity contribution in [3.05, 3.63) is 70.4 Å². The molecule has 0 aliphatic heterocycles. The number of ketones is 1. The molecular weight excluding hydrogens is 341 g/mol. The first kappa shape index (κ1) is 17.1. The first-order chi connectivity index (χ1) is 12.2. The van der Waals surface area contributed by atoms with E-state index in [-0.39, 0.29) is 18.6 Å². The lowest BCUT2D eigenvalue weighted by atomic mass is 10.1. The summed E-state index contributed by atoms with van der Waals surface area (Å²) in [6, 6.07) is 11.3. The number of carbonyl (C=O) groups excluding carboxylic acids is 1. The summed E-state index contributed by atoms with van der Waals surface area (Å²) >= 11 is 1.44. The van der Waals surface area contributed by atoms with Crippen LogP contribution >= 0.6 is 11.3 Å². The first-order valence-corrected chi connectivity index (χ1v) is 8.53. The minimum absolute atomic E-state index is 0.00793. The summed E-state index contributed by atoms with van der Waals surface area (Å²) in [5, 5.41) is 2.59. The summed E-state index contributed by atoms with van der Waals surface area (Å²) in [5.74, 6) is 0.862. The molecule has 0 aliphatic rings. The van der Waals surface area contributed by atoms with Gasteiger partial charge in [-0.25, -0.2) is 9.37 Å². The Hall–Kier alpha value is -2.73. The van der Waals surface area contributed by atoms with Crippen molar-refractivity contribution in [1.29, 1.82) is 0 Å². The van der Waals surface area contributed by atoms with E-state index in [9.17, 15) is 9.18 Å². The van der Waals surface area contributed by atoms with E-state index in [1.54, 1.807) is 30.5 Å². The van der Waals surface area contributed by atoms with Crippen molar-refractivity contribution in [3.8, 4) is 17.2 Å². The van der Waals surface area contributed by atoms with Crippen molar-refractivity contribution in [2.75, 3.05) is 7.11 Å². The Labute approximate surface area is 148 Å². The number of Topliss-reactive ketones (excluding diaryl/α,β-unsaturated/α-hetero) is 1. The van der Waals surface area contributed by atoms with Crippen LogP contribution < -0.4 is 9.47 Å². The van der Waals surface area contributed by atoms with Crippen molar-refractivity contribution in [1.82, 2.24) is 4.98 Å². The Kier molecular flexibility index (Phi) is 5.40. The largest absolute Gasteiger partial charge is 0.493 e. The fraction of sp³-hybridized carbons (Fsp3) is 0.158. The molecule has 3 rings (SSSR count). The van der Waals surface area contributed by atoms with Crippen LogP contribution in [0.2, 0.25) is 0 Å². The van der Waals surface area contributed by atoms with E-state index in [4.69, 9.17) is 9.47 Å². The van der Waals surface area contributed by atoms with Gasteiger partial charge < -0.3 is 9.47 Å². The molecule has 0 spiro atoms. The van der Waals surface area contributed by atoms with Crippen LogP contribution in [0, 0.1) is 5.82 Å². The van der Waals surface area contributed by atoms with E-state index in [2.05, 4.69) is 4.98 Å². The monoisotopic (exact) mass is 357 g/mol. The zero-order valence-electron chi connectivity index (χ0n) is 13.6. The van der Waals surface area contributed by atoms with Crippen molar-refractivity contribution in [2.24, 2.45) is 0 Å². The topological polar surface area (TPSA) is 48.4 Å². The zero-order chi connectivity index (χ0) is 17.6. The second kappa shape index (κ2) is 7.90. The number of aromatic nitrogens is 1. The van der Waals surface area contributed by atoms with Gasteiger partial charge in [-0.3, -0.25) is 4.79 Å². The van der Waals surface area contributed by atoms with Gasteiger partial charge in [0.25, 0.3) is 0 Å². The summed E-state index contributed by atoms with van der Waals surface area (Å²) in [6.45, 7) is 0. The molecule has 0 aliphatic carbocycles. The number of hydrogen-bond acceptors (Lipinski definition) is 5. The molecule has 6 heteroatoms. The predicted octanol–water partition coefficient (Wildman–Crippen LogP) is 4.44. The van der Waals surface area contributed by atoms with Gasteiger partial charge >= 0.3 is 0 Å². The molecule has 25 heavy (non-hydrogen) atoms. The Balaban J connectivity index is 1.81. The maximum Gasteiger partial charge on any atom is 0.169 e. The minimum atomic E-state index is -0.430. The Bertz CT molecular complexity index is 865. The highest BCUT2D eigenvalue weighted by molar-refractivity contribution is 7.09. The van der Waals surface area contributed by atoms with Gasteiger partial charge in [0.15, 0.2) is 11.5 Å². The van der Waals surface area contributed by atoms with Crippen molar-refractivity contribution >= 4 is 17.1 Å². The lowest BCUT2D eigenvalue weighted by Gasteiger charge is -2.13. The number of hydrogen-bond donors (Lipinski definition) is 0. The third-order valence-corrected chi connectivity index (χ3v) is 4.32. The number of nitrogens with zero attached hydrogens (tertiary/aromatic N) is 1. The molecule has 0 fully saturated rings. The van der Waals surface area contributed by atoms with Crippen molar-refractivity contribution < 1.29 is 18.7 Å².